The van der Waals surface area contributed by atoms with Gasteiger partial charge in [-0.2, -0.15) is 0 Å². The van der Waals surface area contributed by atoms with Crippen molar-refractivity contribution in [2.45, 2.75) is 26.4 Å². The van der Waals surface area contributed by atoms with Crippen LogP contribution in [0, 0.1) is 0 Å². The summed E-state index contributed by atoms with van der Waals surface area (Å²) in [5.74, 6) is 0. The summed E-state index contributed by atoms with van der Waals surface area (Å²) in [6, 6.07) is 11.9. The zero-order valence-corrected chi connectivity index (χ0v) is 12.8. The first-order valence-electron chi connectivity index (χ1n) is 7.17. The number of hydrogen-bond donors (Lipinski definition) is 1. The molecule has 108 valence electrons. The lowest BCUT2D eigenvalue weighted by atomic mass is 10.2. The number of fused-ring (bicyclic) bond motifs is 1. The fraction of sp³-hybridized carbons (Fsp3) is 0.235. The van der Waals surface area contributed by atoms with E-state index in [-0.39, 0.29) is 5.56 Å². The Morgan fingerprint density at radius 3 is 2.90 bits per heavy atom. The third-order valence-electron chi connectivity index (χ3n) is 3.49. The smallest absolute Gasteiger partial charge is 0.250 e. The normalized spacial score (nSPS) is 10.9. The predicted octanol–water partition coefficient (Wildman–Crippen LogP) is 4.09. The summed E-state index contributed by atoms with van der Waals surface area (Å²) in [5.41, 5.74) is 2.34. The third kappa shape index (κ3) is 3.00. The summed E-state index contributed by atoms with van der Waals surface area (Å²) in [6.07, 6.45) is 2.86. The fourth-order valence-corrected chi connectivity index (χ4v) is 3.38. The van der Waals surface area contributed by atoms with E-state index in [9.17, 15) is 4.79 Å². The molecule has 1 N–H and O–H groups in total. The predicted molar refractivity (Wildman–Crippen MR) is 90.1 cm³/mol. The van der Waals surface area contributed by atoms with Gasteiger partial charge in [0.1, 0.15) is 0 Å². The minimum absolute atomic E-state index is 0.0587. The number of nitrogens with zero attached hydrogens (tertiary/aromatic N) is 1. The lowest BCUT2D eigenvalue weighted by Crippen LogP contribution is -2.18. The van der Waals surface area contributed by atoms with Crippen LogP contribution in [0.25, 0.3) is 10.1 Å². The molecule has 3 aromatic rings. The molecule has 3 nitrogen and oxygen atoms in total. The van der Waals surface area contributed by atoms with Gasteiger partial charge in [-0.15, -0.1) is 11.3 Å². The topological polar surface area (TPSA) is 34.0 Å². The molecule has 0 saturated heterocycles. The second kappa shape index (κ2) is 6.14. The Hall–Kier alpha value is -2.07. The number of pyridine rings is 1. The first kappa shape index (κ1) is 13.9. The van der Waals surface area contributed by atoms with Crippen LogP contribution in [-0.4, -0.2) is 4.57 Å². The second-order valence-corrected chi connectivity index (χ2v) is 5.97. The standard InChI is InChI=1S/C17H18N2OS/c1-2-9-19-11-14(7-8-17(19)20)18-10-13-12-21-16-6-4-3-5-15(13)16/h3-8,11-12,18H,2,9-10H2,1H3. The molecule has 4 heteroatoms. The molecule has 0 aliphatic rings. The molecule has 3 rings (SSSR count). The number of nitrogens with one attached hydrogen (secondary N) is 1. The van der Waals surface area contributed by atoms with Crippen LogP contribution >= 0.6 is 11.3 Å². The summed E-state index contributed by atoms with van der Waals surface area (Å²) >= 11 is 1.77. The Labute approximate surface area is 127 Å². The number of rotatable bonds is 5. The summed E-state index contributed by atoms with van der Waals surface area (Å²) < 4.78 is 3.07. The largest absolute Gasteiger partial charge is 0.380 e. The maximum atomic E-state index is 11.7. The number of hydrogen-bond acceptors (Lipinski definition) is 3. The molecule has 0 radical (unpaired) electrons. The molecule has 0 amide bonds. The average Bonchev–Trinajstić information content (AvgIpc) is 2.92. The zero-order chi connectivity index (χ0) is 14.7. The Bertz CT molecular complexity index is 804. The van der Waals surface area contributed by atoms with E-state index in [1.54, 1.807) is 22.0 Å². The van der Waals surface area contributed by atoms with E-state index in [0.29, 0.717) is 0 Å². The Morgan fingerprint density at radius 2 is 2.05 bits per heavy atom. The zero-order valence-electron chi connectivity index (χ0n) is 12.0. The highest BCUT2D eigenvalue weighted by Crippen LogP contribution is 2.26. The van der Waals surface area contributed by atoms with Crippen molar-refractivity contribution in [2.24, 2.45) is 0 Å². The van der Waals surface area contributed by atoms with Crippen LogP contribution in [0.1, 0.15) is 18.9 Å². The summed E-state index contributed by atoms with van der Waals surface area (Å²) in [5, 5.41) is 6.91. The van der Waals surface area contributed by atoms with Crippen molar-refractivity contribution in [3.05, 3.63) is 63.9 Å². The molecule has 0 aliphatic heterocycles. The van der Waals surface area contributed by atoms with E-state index >= 15 is 0 Å². The average molecular weight is 298 g/mol. The van der Waals surface area contributed by atoms with Gasteiger partial charge in [-0.05, 0) is 34.9 Å². The van der Waals surface area contributed by atoms with E-state index in [2.05, 4.69) is 41.9 Å². The third-order valence-corrected chi connectivity index (χ3v) is 4.50. The first-order valence-corrected chi connectivity index (χ1v) is 8.05. The summed E-state index contributed by atoms with van der Waals surface area (Å²) in [7, 11) is 0. The van der Waals surface area contributed by atoms with Crippen LogP contribution in [-0.2, 0) is 13.1 Å². The highest BCUT2D eigenvalue weighted by atomic mass is 32.1. The van der Waals surface area contributed by atoms with Gasteiger partial charge in [0.25, 0.3) is 5.56 Å². The van der Waals surface area contributed by atoms with Crippen molar-refractivity contribution in [3.8, 4) is 0 Å². The van der Waals surface area contributed by atoms with Crippen molar-refractivity contribution in [3.63, 3.8) is 0 Å². The van der Waals surface area contributed by atoms with Crippen LogP contribution in [0.5, 0.6) is 0 Å². The van der Waals surface area contributed by atoms with Crippen LogP contribution in [0.3, 0.4) is 0 Å². The number of aryl methyl sites for hydroxylation is 1. The molecule has 0 saturated carbocycles. The van der Waals surface area contributed by atoms with Crippen molar-refractivity contribution < 1.29 is 0 Å². The van der Waals surface area contributed by atoms with E-state index in [1.807, 2.05) is 12.3 Å². The number of aromatic nitrogens is 1. The van der Waals surface area contributed by atoms with Gasteiger partial charge in [0.15, 0.2) is 0 Å². The van der Waals surface area contributed by atoms with Crippen LogP contribution in [0.4, 0.5) is 5.69 Å². The second-order valence-electron chi connectivity index (χ2n) is 5.06. The quantitative estimate of drug-likeness (QED) is 0.770. The van der Waals surface area contributed by atoms with Gasteiger partial charge in [0.05, 0.1) is 5.69 Å². The van der Waals surface area contributed by atoms with Crippen molar-refractivity contribution in [2.75, 3.05) is 5.32 Å². The van der Waals surface area contributed by atoms with Gasteiger partial charge in [0.2, 0.25) is 0 Å². The first-order chi connectivity index (χ1) is 10.3. The highest BCUT2D eigenvalue weighted by Gasteiger charge is 2.03. The Balaban J connectivity index is 1.78. The van der Waals surface area contributed by atoms with Crippen LogP contribution < -0.4 is 10.9 Å². The van der Waals surface area contributed by atoms with Gasteiger partial charge in [0, 0.05) is 30.1 Å². The molecule has 2 heterocycles. The highest BCUT2D eigenvalue weighted by molar-refractivity contribution is 7.17. The van der Waals surface area contributed by atoms with E-state index < -0.39 is 0 Å². The number of benzene rings is 1. The molecule has 0 fully saturated rings. The maximum Gasteiger partial charge on any atom is 0.250 e. The molecule has 0 spiro atoms. The fourth-order valence-electron chi connectivity index (χ4n) is 2.42. The molecule has 0 unspecified atom stereocenters. The molecule has 0 atom stereocenters. The Kier molecular flexibility index (Phi) is 4.06. The molecule has 0 aliphatic carbocycles. The van der Waals surface area contributed by atoms with Gasteiger partial charge >= 0.3 is 0 Å². The van der Waals surface area contributed by atoms with Crippen LogP contribution in [0.15, 0.2) is 52.8 Å². The van der Waals surface area contributed by atoms with Gasteiger partial charge in [-0.1, -0.05) is 25.1 Å². The molecular formula is C17H18N2OS. The molecular weight excluding hydrogens is 280 g/mol. The maximum absolute atomic E-state index is 11.7. The van der Waals surface area contributed by atoms with Crippen molar-refractivity contribution in [1.29, 1.82) is 0 Å². The van der Waals surface area contributed by atoms with E-state index in [0.717, 1.165) is 25.2 Å². The van der Waals surface area contributed by atoms with E-state index in [1.165, 1.54) is 15.6 Å². The molecule has 2 aromatic heterocycles. The van der Waals surface area contributed by atoms with Gasteiger partial charge in [-0.3, -0.25) is 4.79 Å². The summed E-state index contributed by atoms with van der Waals surface area (Å²) in [6.45, 7) is 3.61. The lowest BCUT2D eigenvalue weighted by Gasteiger charge is -2.09. The van der Waals surface area contributed by atoms with Crippen molar-refractivity contribution in [1.82, 2.24) is 4.57 Å². The summed E-state index contributed by atoms with van der Waals surface area (Å²) in [4.78, 5) is 11.7. The number of anilines is 1. The molecule has 21 heavy (non-hydrogen) atoms. The SMILES string of the molecule is CCCn1cc(NCc2csc3ccccc23)ccc1=O. The molecule has 0 bridgehead atoms. The van der Waals surface area contributed by atoms with Gasteiger partial charge in [-0.25, -0.2) is 0 Å². The Morgan fingerprint density at radius 1 is 1.19 bits per heavy atom. The lowest BCUT2D eigenvalue weighted by molar-refractivity contribution is 0.655. The van der Waals surface area contributed by atoms with Crippen LogP contribution in [0.2, 0.25) is 0 Å². The monoisotopic (exact) mass is 298 g/mol. The minimum atomic E-state index is 0.0587. The molecule has 1 aromatic carbocycles. The van der Waals surface area contributed by atoms with Gasteiger partial charge < -0.3 is 9.88 Å². The van der Waals surface area contributed by atoms with Crippen molar-refractivity contribution >= 4 is 27.1 Å². The number of thiophene rings is 1. The van der Waals surface area contributed by atoms with E-state index in [4.69, 9.17) is 0 Å². The minimum Gasteiger partial charge on any atom is -0.380 e.